The van der Waals surface area contributed by atoms with Crippen LogP contribution in [0.3, 0.4) is 0 Å². The molecule has 2 rings (SSSR count). The summed E-state index contributed by atoms with van der Waals surface area (Å²) in [6.45, 7) is 0. The van der Waals surface area contributed by atoms with Crippen LogP contribution in [0.5, 0.6) is 0 Å². The van der Waals surface area contributed by atoms with Crippen LogP contribution in [0.2, 0.25) is 5.15 Å². The van der Waals surface area contributed by atoms with Gasteiger partial charge < -0.3 is 4.57 Å². The summed E-state index contributed by atoms with van der Waals surface area (Å²) in [5, 5.41) is 16.7. The maximum atomic E-state index is 5.63. The monoisotopic (exact) mass is 241 g/mol. The molecule has 0 fully saturated rings. The molecule has 5 nitrogen and oxygen atoms in total. The number of thioether (sulfide) groups is 1. The molecule has 0 amide bonds. The van der Waals surface area contributed by atoms with E-state index in [-0.39, 0.29) is 0 Å². The molecule has 0 bridgehead atoms. The second-order valence-electron chi connectivity index (χ2n) is 2.86. The molecule has 0 aliphatic heterocycles. The summed E-state index contributed by atoms with van der Waals surface area (Å²) in [5.41, 5.74) is 0.868. The number of hydrogen-bond donors (Lipinski definition) is 0. The lowest BCUT2D eigenvalue weighted by Gasteiger charge is -1.99. The van der Waals surface area contributed by atoms with Crippen LogP contribution in [0.1, 0.15) is 5.69 Å². The Morgan fingerprint density at radius 3 is 2.80 bits per heavy atom. The zero-order chi connectivity index (χ0) is 10.7. The molecular weight excluding hydrogens is 234 g/mol. The van der Waals surface area contributed by atoms with E-state index in [9.17, 15) is 0 Å². The van der Waals surface area contributed by atoms with Gasteiger partial charge in [-0.15, -0.1) is 15.3 Å². The Morgan fingerprint density at radius 2 is 2.20 bits per heavy atom. The van der Waals surface area contributed by atoms with Crippen molar-refractivity contribution in [1.82, 2.24) is 25.0 Å². The van der Waals surface area contributed by atoms with Gasteiger partial charge in [-0.25, -0.2) is 0 Å². The molecule has 0 N–H and O–H groups in total. The molecule has 0 atom stereocenters. The summed E-state index contributed by atoms with van der Waals surface area (Å²) in [5.74, 6) is 0.705. The Morgan fingerprint density at radius 1 is 1.33 bits per heavy atom. The van der Waals surface area contributed by atoms with Gasteiger partial charge in [-0.05, 0) is 12.1 Å². The van der Waals surface area contributed by atoms with Crippen LogP contribution < -0.4 is 0 Å². The maximum absolute atomic E-state index is 5.63. The fourth-order valence-electron chi connectivity index (χ4n) is 0.962. The number of aryl methyl sites for hydroxylation is 1. The zero-order valence-corrected chi connectivity index (χ0v) is 9.53. The van der Waals surface area contributed by atoms with Crippen LogP contribution in [0.4, 0.5) is 0 Å². The number of halogens is 1. The van der Waals surface area contributed by atoms with E-state index in [0.29, 0.717) is 10.9 Å². The third-order valence-corrected chi connectivity index (χ3v) is 2.98. The molecule has 15 heavy (non-hydrogen) atoms. The Labute approximate surface area is 95.9 Å². The molecule has 0 aliphatic rings. The van der Waals surface area contributed by atoms with E-state index in [1.165, 1.54) is 0 Å². The molecule has 0 saturated heterocycles. The fourth-order valence-corrected chi connectivity index (χ4v) is 1.85. The van der Waals surface area contributed by atoms with E-state index in [0.717, 1.165) is 10.9 Å². The van der Waals surface area contributed by atoms with E-state index in [2.05, 4.69) is 20.4 Å². The smallest absolute Gasteiger partial charge is 0.191 e. The number of nitrogens with zero attached hydrogens (tertiary/aromatic N) is 5. The lowest BCUT2D eigenvalue weighted by Crippen LogP contribution is -1.93. The van der Waals surface area contributed by atoms with Gasteiger partial charge >= 0.3 is 0 Å². The van der Waals surface area contributed by atoms with Gasteiger partial charge in [-0.2, -0.15) is 5.10 Å². The van der Waals surface area contributed by atoms with Crippen LogP contribution in [0, 0.1) is 0 Å². The standard InChI is InChI=1S/C8H8ClN5S/c1-14-5-10-13-8(14)15-4-6-2-3-7(9)12-11-6/h2-3,5H,4H2,1H3. The minimum atomic E-state index is 0.405. The second-order valence-corrected chi connectivity index (χ2v) is 4.19. The first-order chi connectivity index (χ1) is 7.25. The SMILES string of the molecule is Cn1cnnc1SCc1ccc(Cl)nn1. The molecule has 0 radical (unpaired) electrons. The van der Waals surface area contributed by atoms with Crippen molar-refractivity contribution >= 4 is 23.4 Å². The summed E-state index contributed by atoms with van der Waals surface area (Å²) >= 11 is 7.19. The van der Waals surface area contributed by atoms with Gasteiger partial charge in [0.25, 0.3) is 0 Å². The highest BCUT2D eigenvalue weighted by Crippen LogP contribution is 2.18. The van der Waals surface area contributed by atoms with Crippen LogP contribution >= 0.6 is 23.4 Å². The molecule has 78 valence electrons. The molecular formula is C8H8ClN5S. The summed E-state index contributed by atoms with van der Waals surface area (Å²) in [4.78, 5) is 0. The van der Waals surface area contributed by atoms with E-state index in [1.54, 1.807) is 24.2 Å². The predicted molar refractivity (Wildman–Crippen MR) is 57.6 cm³/mol. The van der Waals surface area contributed by atoms with Gasteiger partial charge in [0.05, 0.1) is 5.69 Å². The van der Waals surface area contributed by atoms with Crippen molar-refractivity contribution in [1.29, 1.82) is 0 Å². The van der Waals surface area contributed by atoms with Crippen LogP contribution in [-0.2, 0) is 12.8 Å². The van der Waals surface area contributed by atoms with Crippen molar-refractivity contribution in [3.63, 3.8) is 0 Å². The second kappa shape index (κ2) is 4.59. The van der Waals surface area contributed by atoms with Crippen molar-refractivity contribution < 1.29 is 0 Å². The molecule has 0 aliphatic carbocycles. The van der Waals surface area contributed by atoms with Crippen LogP contribution in [0.25, 0.3) is 0 Å². The van der Waals surface area contributed by atoms with Crippen molar-refractivity contribution in [2.24, 2.45) is 7.05 Å². The Hall–Kier alpha value is -1.14. The van der Waals surface area contributed by atoms with E-state index >= 15 is 0 Å². The molecule has 0 spiro atoms. The highest BCUT2D eigenvalue weighted by molar-refractivity contribution is 7.98. The van der Waals surface area contributed by atoms with Crippen LogP contribution in [-0.4, -0.2) is 25.0 Å². The van der Waals surface area contributed by atoms with Crippen molar-refractivity contribution in [2.75, 3.05) is 0 Å². The molecule has 2 aromatic heterocycles. The molecule has 2 heterocycles. The Balaban J connectivity index is 1.99. The molecule has 0 unspecified atom stereocenters. The Kier molecular flexibility index (Phi) is 3.17. The number of hydrogen-bond acceptors (Lipinski definition) is 5. The molecule has 0 saturated carbocycles. The summed E-state index contributed by atoms with van der Waals surface area (Å²) in [6.07, 6.45) is 1.66. The first-order valence-corrected chi connectivity index (χ1v) is 5.57. The van der Waals surface area contributed by atoms with Gasteiger partial charge in [0.15, 0.2) is 10.3 Å². The normalized spacial score (nSPS) is 10.5. The highest BCUT2D eigenvalue weighted by atomic mass is 35.5. The average Bonchev–Trinajstić information content (AvgIpc) is 2.63. The molecule has 0 aromatic carbocycles. The van der Waals surface area contributed by atoms with Gasteiger partial charge in [0.1, 0.15) is 6.33 Å². The molecule has 2 aromatic rings. The molecule has 7 heteroatoms. The number of aromatic nitrogens is 5. The first kappa shape index (κ1) is 10.4. The first-order valence-electron chi connectivity index (χ1n) is 4.20. The van der Waals surface area contributed by atoms with Gasteiger partial charge in [-0.3, -0.25) is 0 Å². The van der Waals surface area contributed by atoms with Crippen molar-refractivity contribution in [3.05, 3.63) is 29.3 Å². The third-order valence-electron chi connectivity index (χ3n) is 1.71. The minimum Gasteiger partial charge on any atom is -0.312 e. The lowest BCUT2D eigenvalue weighted by molar-refractivity contribution is 0.787. The van der Waals surface area contributed by atoms with Gasteiger partial charge in [0.2, 0.25) is 0 Å². The largest absolute Gasteiger partial charge is 0.312 e. The lowest BCUT2D eigenvalue weighted by atomic mass is 10.4. The predicted octanol–water partition coefficient (Wildman–Crippen LogP) is 1.55. The van der Waals surface area contributed by atoms with E-state index in [1.807, 2.05) is 17.7 Å². The fraction of sp³-hybridized carbons (Fsp3) is 0.250. The third kappa shape index (κ3) is 2.66. The zero-order valence-electron chi connectivity index (χ0n) is 7.96. The van der Waals surface area contributed by atoms with Gasteiger partial charge in [0, 0.05) is 12.8 Å². The van der Waals surface area contributed by atoms with Gasteiger partial charge in [-0.1, -0.05) is 23.4 Å². The number of rotatable bonds is 3. The topological polar surface area (TPSA) is 56.5 Å². The Bertz CT molecular complexity index is 441. The summed E-state index contributed by atoms with van der Waals surface area (Å²) in [7, 11) is 1.90. The average molecular weight is 242 g/mol. The van der Waals surface area contributed by atoms with Crippen LogP contribution in [0.15, 0.2) is 23.6 Å². The van der Waals surface area contributed by atoms with E-state index in [4.69, 9.17) is 11.6 Å². The maximum Gasteiger partial charge on any atom is 0.191 e. The quantitative estimate of drug-likeness (QED) is 0.764. The van der Waals surface area contributed by atoms with Crippen molar-refractivity contribution in [3.8, 4) is 0 Å². The summed E-state index contributed by atoms with van der Waals surface area (Å²) in [6, 6.07) is 3.57. The van der Waals surface area contributed by atoms with Crippen molar-refractivity contribution in [2.45, 2.75) is 10.9 Å². The highest BCUT2D eigenvalue weighted by Gasteiger charge is 2.03. The van der Waals surface area contributed by atoms with E-state index < -0.39 is 0 Å². The minimum absolute atomic E-state index is 0.405. The summed E-state index contributed by atoms with van der Waals surface area (Å²) < 4.78 is 1.86.